The molecule has 0 bridgehead atoms. The minimum Gasteiger partial charge on any atom is -0.359 e. The number of carbonyl (C=O) groups is 1. The van der Waals surface area contributed by atoms with Crippen LogP contribution in [-0.2, 0) is 11.3 Å². The van der Waals surface area contributed by atoms with Crippen molar-refractivity contribution in [2.75, 3.05) is 26.2 Å². The molecular weight excluding hydrogens is 457 g/mol. The normalized spacial score (nSPS) is 14.8. The lowest BCUT2D eigenvalue weighted by Gasteiger charge is -2.26. The van der Waals surface area contributed by atoms with Crippen molar-refractivity contribution in [2.24, 2.45) is 4.99 Å². The van der Waals surface area contributed by atoms with E-state index in [0.29, 0.717) is 18.4 Å². The number of piperidine rings is 1. The van der Waals surface area contributed by atoms with Crippen molar-refractivity contribution >= 4 is 35.8 Å². The first kappa shape index (κ1) is 23.7. The molecule has 2 rings (SSSR count). The standard InChI is InChI=1S/C19H33N5O2.HI/c1-4-15(5-2)17-12-16(26-23-17)13-21-19(20-6-3)22-14-18(25)24-10-8-7-9-11-24;/h12,15H,4-11,13-14H2,1-3H3,(H2,20,21,22);1H. The van der Waals surface area contributed by atoms with Crippen LogP contribution >= 0.6 is 24.0 Å². The third-order valence-corrected chi connectivity index (χ3v) is 4.84. The van der Waals surface area contributed by atoms with Crippen LogP contribution in [0.25, 0.3) is 0 Å². The highest BCUT2D eigenvalue weighted by Crippen LogP contribution is 2.22. The molecule has 0 unspecified atom stereocenters. The van der Waals surface area contributed by atoms with E-state index in [9.17, 15) is 4.79 Å². The second-order valence-electron chi connectivity index (χ2n) is 6.72. The van der Waals surface area contributed by atoms with E-state index >= 15 is 0 Å². The van der Waals surface area contributed by atoms with E-state index in [1.54, 1.807) is 0 Å². The van der Waals surface area contributed by atoms with Gasteiger partial charge in [-0.1, -0.05) is 19.0 Å². The molecule has 1 aliphatic rings. The first-order valence-corrected chi connectivity index (χ1v) is 9.93. The maximum absolute atomic E-state index is 12.3. The molecule has 1 aliphatic heterocycles. The molecule has 1 saturated heterocycles. The van der Waals surface area contributed by atoms with Crippen LogP contribution in [0.5, 0.6) is 0 Å². The molecule has 1 aromatic rings. The van der Waals surface area contributed by atoms with Gasteiger partial charge in [0.05, 0.1) is 12.2 Å². The van der Waals surface area contributed by atoms with Gasteiger partial charge in [-0.05, 0) is 39.0 Å². The van der Waals surface area contributed by atoms with Gasteiger partial charge in [-0.25, -0.2) is 4.99 Å². The Morgan fingerprint density at radius 1 is 1.22 bits per heavy atom. The summed E-state index contributed by atoms with van der Waals surface area (Å²) in [6, 6.07) is 2.01. The fourth-order valence-electron chi connectivity index (χ4n) is 3.21. The average molecular weight is 491 g/mol. The number of rotatable bonds is 8. The summed E-state index contributed by atoms with van der Waals surface area (Å²) < 4.78 is 5.43. The van der Waals surface area contributed by atoms with Crippen LogP contribution in [0.3, 0.4) is 0 Å². The maximum Gasteiger partial charge on any atom is 0.244 e. The lowest BCUT2D eigenvalue weighted by molar-refractivity contribution is -0.130. The summed E-state index contributed by atoms with van der Waals surface area (Å²) in [5, 5.41) is 10.6. The van der Waals surface area contributed by atoms with E-state index in [-0.39, 0.29) is 36.4 Å². The van der Waals surface area contributed by atoms with Gasteiger partial charge in [0, 0.05) is 31.6 Å². The summed E-state index contributed by atoms with van der Waals surface area (Å²) in [5.74, 6) is 1.94. The monoisotopic (exact) mass is 491 g/mol. The lowest BCUT2D eigenvalue weighted by Crippen LogP contribution is -2.40. The summed E-state index contributed by atoms with van der Waals surface area (Å²) in [6.45, 7) is 9.44. The molecule has 1 amide bonds. The first-order valence-electron chi connectivity index (χ1n) is 9.93. The molecule has 1 fully saturated rings. The Kier molecular flexibility index (Phi) is 11.4. The van der Waals surface area contributed by atoms with Gasteiger partial charge in [0.25, 0.3) is 0 Å². The van der Waals surface area contributed by atoms with Gasteiger partial charge < -0.3 is 20.1 Å². The van der Waals surface area contributed by atoms with Gasteiger partial charge in [0.2, 0.25) is 5.91 Å². The van der Waals surface area contributed by atoms with Gasteiger partial charge in [-0.3, -0.25) is 4.79 Å². The molecule has 154 valence electrons. The lowest BCUT2D eigenvalue weighted by atomic mass is 9.99. The summed E-state index contributed by atoms with van der Waals surface area (Å²) in [7, 11) is 0. The number of nitrogens with one attached hydrogen (secondary N) is 2. The molecular formula is C19H34IN5O2. The Morgan fingerprint density at radius 2 is 1.93 bits per heavy atom. The summed E-state index contributed by atoms with van der Waals surface area (Å²) in [6.07, 6.45) is 5.51. The molecule has 0 saturated carbocycles. The highest BCUT2D eigenvalue weighted by Gasteiger charge is 2.16. The second-order valence-corrected chi connectivity index (χ2v) is 6.72. The topological polar surface area (TPSA) is 82.8 Å². The number of aliphatic imine (C=N–C) groups is 1. The fourth-order valence-corrected chi connectivity index (χ4v) is 3.21. The minimum absolute atomic E-state index is 0. The van der Waals surface area contributed by atoms with E-state index in [4.69, 9.17) is 4.52 Å². The maximum atomic E-state index is 12.3. The molecule has 27 heavy (non-hydrogen) atoms. The van der Waals surface area contributed by atoms with E-state index in [1.165, 1.54) is 6.42 Å². The number of guanidine groups is 1. The smallest absolute Gasteiger partial charge is 0.244 e. The number of hydrogen-bond donors (Lipinski definition) is 2. The summed E-state index contributed by atoms with van der Waals surface area (Å²) in [4.78, 5) is 18.6. The quantitative estimate of drug-likeness (QED) is 0.332. The van der Waals surface area contributed by atoms with Gasteiger partial charge >= 0.3 is 0 Å². The van der Waals surface area contributed by atoms with Crippen molar-refractivity contribution in [3.8, 4) is 0 Å². The highest BCUT2D eigenvalue weighted by molar-refractivity contribution is 14.0. The number of amides is 1. The zero-order valence-corrected chi connectivity index (χ0v) is 19.1. The first-order chi connectivity index (χ1) is 12.7. The second kappa shape index (κ2) is 13.0. The van der Waals surface area contributed by atoms with Gasteiger partial charge in [0.1, 0.15) is 6.54 Å². The number of hydrogen-bond acceptors (Lipinski definition) is 4. The van der Waals surface area contributed by atoms with Crippen molar-refractivity contribution in [3.05, 3.63) is 17.5 Å². The summed E-state index contributed by atoms with van der Waals surface area (Å²) in [5.41, 5.74) is 1.01. The zero-order valence-electron chi connectivity index (χ0n) is 16.8. The van der Waals surface area contributed by atoms with Crippen LogP contribution in [0.2, 0.25) is 0 Å². The number of halogens is 1. The van der Waals surface area contributed by atoms with Crippen LogP contribution in [0.15, 0.2) is 15.6 Å². The van der Waals surface area contributed by atoms with Gasteiger partial charge in [-0.15, -0.1) is 24.0 Å². The molecule has 2 heterocycles. The number of carbonyl (C=O) groups excluding carboxylic acids is 1. The van der Waals surface area contributed by atoms with Crippen molar-refractivity contribution in [1.29, 1.82) is 0 Å². The third kappa shape index (κ3) is 7.67. The van der Waals surface area contributed by atoms with Gasteiger partial charge in [-0.2, -0.15) is 0 Å². The Bertz CT molecular complexity index is 580. The van der Waals surface area contributed by atoms with Crippen molar-refractivity contribution in [1.82, 2.24) is 20.7 Å². The Hall–Kier alpha value is -1.32. The minimum atomic E-state index is 0. The van der Waals surface area contributed by atoms with Crippen molar-refractivity contribution < 1.29 is 9.32 Å². The van der Waals surface area contributed by atoms with E-state index in [0.717, 1.165) is 56.8 Å². The number of nitrogens with zero attached hydrogens (tertiary/aromatic N) is 3. The van der Waals surface area contributed by atoms with Crippen LogP contribution in [0, 0.1) is 0 Å². The van der Waals surface area contributed by atoms with Crippen LogP contribution in [0.1, 0.15) is 70.2 Å². The zero-order chi connectivity index (χ0) is 18.8. The van der Waals surface area contributed by atoms with Gasteiger partial charge in [0.15, 0.2) is 11.7 Å². The number of likely N-dealkylation sites (tertiary alicyclic amines) is 1. The molecule has 0 aromatic carbocycles. The predicted molar refractivity (Wildman–Crippen MR) is 118 cm³/mol. The van der Waals surface area contributed by atoms with Crippen molar-refractivity contribution in [3.63, 3.8) is 0 Å². The molecule has 0 radical (unpaired) electrons. The third-order valence-electron chi connectivity index (χ3n) is 4.84. The molecule has 1 aromatic heterocycles. The largest absolute Gasteiger partial charge is 0.359 e. The van der Waals surface area contributed by atoms with E-state index < -0.39 is 0 Å². The van der Waals surface area contributed by atoms with E-state index in [1.807, 2.05) is 17.9 Å². The number of aromatic nitrogens is 1. The van der Waals surface area contributed by atoms with Crippen LogP contribution in [0.4, 0.5) is 0 Å². The molecule has 0 aliphatic carbocycles. The molecule has 8 heteroatoms. The van der Waals surface area contributed by atoms with Crippen LogP contribution in [-0.4, -0.2) is 48.1 Å². The molecule has 0 atom stereocenters. The highest BCUT2D eigenvalue weighted by atomic mass is 127. The summed E-state index contributed by atoms with van der Waals surface area (Å²) >= 11 is 0. The predicted octanol–water partition coefficient (Wildman–Crippen LogP) is 3.26. The Balaban J connectivity index is 0.00000364. The molecule has 7 nitrogen and oxygen atoms in total. The Morgan fingerprint density at radius 3 is 2.56 bits per heavy atom. The average Bonchev–Trinajstić information content (AvgIpc) is 3.14. The SMILES string of the molecule is CCNC(=NCC(=O)N1CCCCC1)NCc1cc(C(CC)CC)no1.I. The molecule has 0 spiro atoms. The van der Waals surface area contributed by atoms with E-state index in [2.05, 4.69) is 34.6 Å². The fraction of sp³-hybridized carbons (Fsp3) is 0.737. The Labute approximate surface area is 179 Å². The van der Waals surface area contributed by atoms with Crippen LogP contribution < -0.4 is 10.6 Å². The van der Waals surface area contributed by atoms with Crippen molar-refractivity contribution in [2.45, 2.75) is 65.3 Å². The molecule has 2 N–H and O–H groups in total.